The van der Waals surface area contributed by atoms with Crippen molar-refractivity contribution in [1.29, 1.82) is 0 Å². The highest BCUT2D eigenvalue weighted by Gasteiger charge is 2.48. The van der Waals surface area contributed by atoms with Crippen molar-refractivity contribution in [3.05, 3.63) is 79.1 Å². The number of imidazole rings is 1. The van der Waals surface area contributed by atoms with E-state index in [9.17, 15) is 9.59 Å². The summed E-state index contributed by atoms with van der Waals surface area (Å²) in [6.45, 7) is 6.25. The molecule has 0 aliphatic carbocycles. The predicted molar refractivity (Wildman–Crippen MR) is 108 cm³/mol. The Bertz CT molecular complexity index is 1010. The van der Waals surface area contributed by atoms with Crippen LogP contribution >= 0.6 is 0 Å². The number of carbonyl (C=O) groups is 2. The minimum absolute atomic E-state index is 0.138. The van der Waals surface area contributed by atoms with Crippen molar-refractivity contribution >= 4 is 23.3 Å². The van der Waals surface area contributed by atoms with Crippen LogP contribution in [0.2, 0.25) is 0 Å². The third-order valence-corrected chi connectivity index (χ3v) is 5.31. The highest BCUT2D eigenvalue weighted by atomic mass is 16.2. The van der Waals surface area contributed by atoms with Crippen molar-refractivity contribution in [3.63, 3.8) is 0 Å². The molecule has 1 fully saturated rings. The molecule has 4 rings (SSSR count). The van der Waals surface area contributed by atoms with E-state index < -0.39 is 5.54 Å². The molecule has 1 atom stereocenters. The molecule has 6 heteroatoms. The van der Waals surface area contributed by atoms with E-state index >= 15 is 0 Å². The summed E-state index contributed by atoms with van der Waals surface area (Å²) in [5.41, 5.74) is 0.762. The van der Waals surface area contributed by atoms with Crippen LogP contribution in [-0.2, 0) is 16.0 Å². The molecule has 1 saturated heterocycles. The van der Waals surface area contributed by atoms with E-state index in [-0.39, 0.29) is 11.8 Å². The number of carbonyl (C=O) groups excluding carboxylic acids is 2. The topological polar surface area (TPSA) is 57.9 Å². The lowest BCUT2D eigenvalue weighted by atomic mass is 9.87. The first-order chi connectivity index (χ1) is 13.5. The lowest BCUT2D eigenvalue weighted by molar-refractivity contribution is -0.145. The Morgan fingerprint density at radius 3 is 2.64 bits per heavy atom. The summed E-state index contributed by atoms with van der Waals surface area (Å²) in [5.74, 6) is 0.226. The molecule has 3 heterocycles. The van der Waals surface area contributed by atoms with E-state index in [2.05, 4.69) is 11.6 Å². The summed E-state index contributed by atoms with van der Waals surface area (Å²) in [7, 11) is 0. The number of piperazine rings is 1. The van der Waals surface area contributed by atoms with Crippen molar-refractivity contribution in [2.75, 3.05) is 18.0 Å². The number of amides is 2. The molecule has 2 amide bonds. The average molecular weight is 374 g/mol. The summed E-state index contributed by atoms with van der Waals surface area (Å²) in [5, 5.41) is 0. The van der Waals surface area contributed by atoms with Crippen LogP contribution in [0, 0.1) is 0 Å². The van der Waals surface area contributed by atoms with Crippen molar-refractivity contribution in [1.82, 2.24) is 14.3 Å². The number of rotatable bonds is 4. The number of fused-ring (bicyclic) bond motifs is 1. The molecule has 3 aromatic rings. The first-order valence-corrected chi connectivity index (χ1v) is 9.26. The normalized spacial score (nSPS) is 19.8. The maximum atomic E-state index is 13.6. The molecule has 6 nitrogen and oxygen atoms in total. The molecule has 1 aromatic carbocycles. The molecule has 0 spiro atoms. The van der Waals surface area contributed by atoms with Crippen LogP contribution in [0.1, 0.15) is 12.5 Å². The molecule has 1 aliphatic rings. The van der Waals surface area contributed by atoms with Crippen LogP contribution in [0.15, 0.2) is 73.6 Å². The third-order valence-electron chi connectivity index (χ3n) is 5.31. The fraction of sp³-hybridized carbons (Fsp3) is 0.227. The largest absolute Gasteiger partial charge is 0.323 e. The van der Waals surface area contributed by atoms with E-state index in [4.69, 9.17) is 0 Å². The zero-order valence-corrected chi connectivity index (χ0v) is 15.8. The van der Waals surface area contributed by atoms with Crippen LogP contribution in [0.25, 0.3) is 5.65 Å². The van der Waals surface area contributed by atoms with Crippen LogP contribution in [0.3, 0.4) is 0 Å². The molecule has 28 heavy (non-hydrogen) atoms. The maximum absolute atomic E-state index is 13.6. The maximum Gasteiger partial charge on any atom is 0.254 e. The Morgan fingerprint density at radius 1 is 1.18 bits per heavy atom. The fourth-order valence-corrected chi connectivity index (χ4v) is 3.85. The minimum Gasteiger partial charge on any atom is -0.323 e. The van der Waals surface area contributed by atoms with E-state index in [0.717, 1.165) is 11.2 Å². The molecular weight excluding hydrogens is 352 g/mol. The highest BCUT2D eigenvalue weighted by Crippen LogP contribution is 2.30. The van der Waals surface area contributed by atoms with Gasteiger partial charge in [-0.15, -0.1) is 0 Å². The molecule has 1 unspecified atom stereocenters. The number of aromatic nitrogens is 2. The smallest absolute Gasteiger partial charge is 0.254 e. The number of pyridine rings is 1. The quantitative estimate of drug-likeness (QED) is 0.660. The highest BCUT2D eigenvalue weighted by molar-refractivity contribution is 6.04. The standard InChI is InChI=1S/C22H22N4O2/c1-3-20(27)26-14-13-25(19-16-24-12-8-7-11-18(24)23-19)21(28)22(26,2)15-17-9-5-4-6-10-17/h3-12,16H,1,13-15H2,2H3. The number of benzene rings is 1. The van der Waals surface area contributed by atoms with Gasteiger partial charge in [-0.3, -0.25) is 14.5 Å². The molecule has 2 aromatic heterocycles. The lowest BCUT2D eigenvalue weighted by Crippen LogP contribution is -2.67. The van der Waals surface area contributed by atoms with Crippen LogP contribution < -0.4 is 4.90 Å². The molecule has 0 saturated carbocycles. The molecule has 0 bridgehead atoms. The molecular formula is C22H22N4O2. The summed E-state index contributed by atoms with van der Waals surface area (Å²) in [4.78, 5) is 34.0. The average Bonchev–Trinajstić information content (AvgIpc) is 3.14. The van der Waals surface area contributed by atoms with Crippen molar-refractivity contribution < 1.29 is 9.59 Å². The van der Waals surface area contributed by atoms with Crippen LogP contribution in [0.4, 0.5) is 5.82 Å². The van der Waals surface area contributed by atoms with Crippen molar-refractivity contribution in [2.24, 2.45) is 0 Å². The Balaban J connectivity index is 1.73. The molecule has 142 valence electrons. The SMILES string of the molecule is C=CC(=O)N1CCN(c2cn3ccccc3n2)C(=O)C1(C)Cc1ccccc1. The molecule has 1 aliphatic heterocycles. The first-order valence-electron chi connectivity index (χ1n) is 9.26. The minimum atomic E-state index is -1.01. The predicted octanol–water partition coefficient (Wildman–Crippen LogP) is 2.70. The van der Waals surface area contributed by atoms with Gasteiger partial charge in [0.2, 0.25) is 5.91 Å². The van der Waals surface area contributed by atoms with E-state index in [1.54, 1.807) is 9.80 Å². The zero-order valence-electron chi connectivity index (χ0n) is 15.8. The van der Waals surface area contributed by atoms with Crippen LogP contribution in [-0.4, -0.2) is 44.7 Å². The fourth-order valence-electron chi connectivity index (χ4n) is 3.85. The second kappa shape index (κ2) is 6.96. The van der Waals surface area contributed by atoms with Gasteiger partial charge in [0.05, 0.1) is 6.20 Å². The first kappa shape index (κ1) is 18.0. The van der Waals surface area contributed by atoms with Gasteiger partial charge in [-0.05, 0) is 30.7 Å². The zero-order chi connectivity index (χ0) is 19.7. The lowest BCUT2D eigenvalue weighted by Gasteiger charge is -2.47. The monoisotopic (exact) mass is 374 g/mol. The summed E-state index contributed by atoms with van der Waals surface area (Å²) < 4.78 is 1.89. The summed E-state index contributed by atoms with van der Waals surface area (Å²) >= 11 is 0. The van der Waals surface area contributed by atoms with Gasteiger partial charge in [-0.2, -0.15) is 0 Å². The van der Waals surface area contributed by atoms with Gasteiger partial charge in [0.1, 0.15) is 11.2 Å². The number of anilines is 1. The van der Waals surface area contributed by atoms with Gasteiger partial charge in [0, 0.05) is 25.7 Å². The van der Waals surface area contributed by atoms with Crippen molar-refractivity contribution in [2.45, 2.75) is 18.9 Å². The van der Waals surface area contributed by atoms with E-state index in [1.165, 1.54) is 6.08 Å². The van der Waals surface area contributed by atoms with Crippen LogP contribution in [0.5, 0.6) is 0 Å². The summed E-state index contributed by atoms with van der Waals surface area (Å²) in [6.07, 6.45) is 5.45. The Hall–Kier alpha value is -3.41. The molecule has 0 radical (unpaired) electrons. The van der Waals surface area contributed by atoms with Gasteiger partial charge >= 0.3 is 0 Å². The molecule has 0 N–H and O–H groups in total. The van der Waals surface area contributed by atoms with E-state index in [0.29, 0.717) is 25.3 Å². The summed E-state index contributed by atoms with van der Waals surface area (Å²) in [6, 6.07) is 15.5. The van der Waals surface area contributed by atoms with Gasteiger partial charge in [-0.25, -0.2) is 4.98 Å². The second-order valence-corrected chi connectivity index (χ2v) is 7.15. The van der Waals surface area contributed by atoms with E-state index in [1.807, 2.05) is 72.2 Å². The van der Waals surface area contributed by atoms with Crippen molar-refractivity contribution in [3.8, 4) is 0 Å². The number of nitrogens with zero attached hydrogens (tertiary/aromatic N) is 4. The number of hydrogen-bond donors (Lipinski definition) is 0. The Labute approximate surface area is 163 Å². The number of hydrogen-bond acceptors (Lipinski definition) is 3. The van der Waals surface area contributed by atoms with Gasteiger partial charge < -0.3 is 9.30 Å². The van der Waals surface area contributed by atoms with Gasteiger partial charge in [-0.1, -0.05) is 43.0 Å². The second-order valence-electron chi connectivity index (χ2n) is 7.15. The Kier molecular flexibility index (Phi) is 4.47. The van der Waals surface area contributed by atoms with Gasteiger partial charge in [0.15, 0.2) is 5.82 Å². The third kappa shape index (κ3) is 2.97. The van der Waals surface area contributed by atoms with Gasteiger partial charge in [0.25, 0.3) is 5.91 Å². The Morgan fingerprint density at radius 2 is 1.93 bits per heavy atom.